The minimum absolute atomic E-state index is 0.00739. The third-order valence-corrected chi connectivity index (χ3v) is 8.35. The minimum atomic E-state index is -3.92. The number of amides is 1. The summed E-state index contributed by atoms with van der Waals surface area (Å²) < 4.78 is 41.3. The Morgan fingerprint density at radius 2 is 1.71 bits per heavy atom. The van der Waals surface area contributed by atoms with E-state index in [9.17, 15) is 17.6 Å². The molecule has 0 heterocycles. The molecule has 2 aromatic carbocycles. The van der Waals surface area contributed by atoms with Crippen LogP contribution in [0, 0.1) is 5.82 Å². The summed E-state index contributed by atoms with van der Waals surface area (Å²) in [5.74, 6) is -0.847. The molecule has 31 heavy (non-hydrogen) atoms. The van der Waals surface area contributed by atoms with Gasteiger partial charge in [0, 0.05) is 10.9 Å². The van der Waals surface area contributed by atoms with Gasteiger partial charge < -0.3 is 5.32 Å². The van der Waals surface area contributed by atoms with E-state index < -0.39 is 15.8 Å². The van der Waals surface area contributed by atoms with Crippen LogP contribution in [0.4, 0.5) is 4.39 Å². The van der Waals surface area contributed by atoms with E-state index in [4.69, 9.17) is 0 Å². The Balaban J connectivity index is 1.77. The van der Waals surface area contributed by atoms with Gasteiger partial charge in [-0.25, -0.2) is 12.8 Å². The summed E-state index contributed by atoms with van der Waals surface area (Å²) in [7, 11) is -3.92. The van der Waals surface area contributed by atoms with Crippen LogP contribution in [0.25, 0.3) is 0 Å². The van der Waals surface area contributed by atoms with Crippen LogP contribution in [0.2, 0.25) is 0 Å². The smallest absolute Gasteiger partial charge is 0.243 e. The number of thioether (sulfide) groups is 1. The van der Waals surface area contributed by atoms with Gasteiger partial charge in [-0.2, -0.15) is 4.31 Å². The lowest BCUT2D eigenvalue weighted by molar-refractivity contribution is -0.122. The fraction of sp³-hybridized carbons (Fsp3) is 0.435. The van der Waals surface area contributed by atoms with Gasteiger partial charge in [0.25, 0.3) is 0 Å². The first-order valence-electron chi connectivity index (χ1n) is 10.5. The molecule has 0 spiro atoms. The fourth-order valence-electron chi connectivity index (χ4n) is 3.93. The number of nitrogens with one attached hydrogen (secondary N) is 1. The van der Waals surface area contributed by atoms with Gasteiger partial charge in [-0.3, -0.25) is 4.79 Å². The number of hydrogen-bond donors (Lipinski definition) is 1. The molecular weight excluding hydrogens is 435 g/mol. The predicted octanol–water partition coefficient (Wildman–Crippen LogP) is 4.75. The Morgan fingerprint density at radius 3 is 2.29 bits per heavy atom. The Labute approximate surface area is 188 Å². The van der Waals surface area contributed by atoms with E-state index in [-0.39, 0.29) is 29.4 Å². The van der Waals surface area contributed by atoms with Crippen molar-refractivity contribution in [1.82, 2.24) is 9.62 Å². The molecule has 0 bridgehead atoms. The summed E-state index contributed by atoms with van der Waals surface area (Å²) in [5, 5.41) is 2.92. The maximum Gasteiger partial charge on any atom is 0.243 e. The predicted molar refractivity (Wildman–Crippen MR) is 122 cm³/mol. The second kappa shape index (κ2) is 10.6. The summed E-state index contributed by atoms with van der Waals surface area (Å²) in [5.41, 5.74) is 0.955. The van der Waals surface area contributed by atoms with Crippen LogP contribution in [0.3, 0.4) is 0 Å². The third kappa shape index (κ3) is 6.08. The van der Waals surface area contributed by atoms with Gasteiger partial charge in [-0.15, -0.1) is 11.8 Å². The third-order valence-electron chi connectivity index (χ3n) is 5.69. The van der Waals surface area contributed by atoms with Gasteiger partial charge in [0.15, 0.2) is 0 Å². The van der Waals surface area contributed by atoms with Crippen LogP contribution in [-0.2, 0) is 14.8 Å². The highest BCUT2D eigenvalue weighted by Gasteiger charge is 2.34. The molecule has 1 unspecified atom stereocenters. The second-order valence-electron chi connectivity index (χ2n) is 7.86. The molecular formula is C23H29FN2O3S2. The van der Waals surface area contributed by atoms with E-state index in [2.05, 4.69) is 5.32 Å². The normalized spacial score (nSPS) is 16.3. The first-order valence-corrected chi connectivity index (χ1v) is 13.2. The van der Waals surface area contributed by atoms with E-state index >= 15 is 0 Å². The maximum atomic E-state index is 13.3. The molecule has 1 aliphatic carbocycles. The standard InChI is InChI=1S/C23H29FN2O3S2/c1-17(18-8-12-21(30-2)13-9-18)25-23(27)16-26(20-6-4-3-5-7-20)31(28,29)22-14-10-19(24)11-15-22/h8-15,17,20H,3-7,16H2,1-2H3,(H,25,27). The van der Waals surface area contributed by atoms with Crippen LogP contribution >= 0.6 is 11.8 Å². The number of halogens is 1. The summed E-state index contributed by atoms with van der Waals surface area (Å²) in [6.45, 7) is 1.63. The molecule has 1 aliphatic rings. The fourth-order valence-corrected chi connectivity index (χ4v) is 5.98. The Morgan fingerprint density at radius 1 is 1.10 bits per heavy atom. The van der Waals surface area contributed by atoms with Gasteiger partial charge in [0.1, 0.15) is 5.82 Å². The molecule has 1 fully saturated rings. The number of hydrogen-bond acceptors (Lipinski definition) is 4. The summed E-state index contributed by atoms with van der Waals surface area (Å²) in [4.78, 5) is 14.0. The average molecular weight is 465 g/mol. The van der Waals surface area contributed by atoms with E-state index in [1.54, 1.807) is 11.8 Å². The van der Waals surface area contributed by atoms with Crippen LogP contribution in [0.15, 0.2) is 58.3 Å². The molecule has 168 valence electrons. The molecule has 0 saturated heterocycles. The van der Waals surface area contributed by atoms with Crippen molar-refractivity contribution in [2.75, 3.05) is 12.8 Å². The van der Waals surface area contributed by atoms with Crippen LogP contribution in [0.1, 0.15) is 50.6 Å². The van der Waals surface area contributed by atoms with Crippen LogP contribution in [0.5, 0.6) is 0 Å². The second-order valence-corrected chi connectivity index (χ2v) is 10.6. The first-order chi connectivity index (χ1) is 14.8. The zero-order valence-electron chi connectivity index (χ0n) is 17.9. The lowest BCUT2D eigenvalue weighted by Crippen LogP contribution is -2.47. The number of rotatable bonds is 8. The van der Waals surface area contributed by atoms with Gasteiger partial charge in [-0.05, 0) is 68.0 Å². The molecule has 8 heteroatoms. The molecule has 1 N–H and O–H groups in total. The van der Waals surface area contributed by atoms with Crippen molar-refractivity contribution >= 4 is 27.7 Å². The molecule has 0 aliphatic heterocycles. The number of sulfonamides is 1. The summed E-state index contributed by atoms with van der Waals surface area (Å²) >= 11 is 1.64. The number of nitrogens with zero attached hydrogens (tertiary/aromatic N) is 1. The largest absolute Gasteiger partial charge is 0.348 e. The monoisotopic (exact) mass is 464 g/mol. The van der Waals surface area contributed by atoms with Crippen molar-refractivity contribution < 1.29 is 17.6 Å². The molecule has 1 amide bonds. The quantitative estimate of drug-likeness (QED) is 0.573. The highest BCUT2D eigenvalue weighted by atomic mass is 32.2. The van der Waals surface area contributed by atoms with Crippen molar-refractivity contribution in [3.8, 4) is 0 Å². The summed E-state index contributed by atoms with van der Waals surface area (Å²) in [6.07, 6.45) is 6.37. The zero-order chi connectivity index (χ0) is 22.4. The minimum Gasteiger partial charge on any atom is -0.348 e. The van der Waals surface area contributed by atoms with Crippen LogP contribution < -0.4 is 5.32 Å². The number of carbonyl (C=O) groups is 1. The molecule has 2 aromatic rings. The number of carbonyl (C=O) groups excluding carboxylic acids is 1. The number of benzene rings is 2. The lowest BCUT2D eigenvalue weighted by atomic mass is 9.95. The average Bonchev–Trinajstić information content (AvgIpc) is 2.78. The van der Waals surface area contributed by atoms with Crippen molar-refractivity contribution in [2.45, 2.75) is 60.9 Å². The van der Waals surface area contributed by atoms with E-state index in [1.807, 2.05) is 37.4 Å². The molecule has 3 rings (SSSR count). The molecule has 1 saturated carbocycles. The lowest BCUT2D eigenvalue weighted by Gasteiger charge is -2.33. The SMILES string of the molecule is CSc1ccc(C(C)NC(=O)CN(C2CCCCC2)S(=O)(=O)c2ccc(F)cc2)cc1. The molecule has 0 radical (unpaired) electrons. The van der Waals surface area contributed by atoms with Crippen molar-refractivity contribution in [1.29, 1.82) is 0 Å². The van der Waals surface area contributed by atoms with Crippen molar-refractivity contribution in [2.24, 2.45) is 0 Å². The Kier molecular flexibility index (Phi) is 8.13. The first kappa shape index (κ1) is 23.8. The molecule has 1 atom stereocenters. The van der Waals surface area contributed by atoms with E-state index in [0.717, 1.165) is 54.7 Å². The topological polar surface area (TPSA) is 66.5 Å². The van der Waals surface area contributed by atoms with E-state index in [0.29, 0.717) is 0 Å². The van der Waals surface area contributed by atoms with Crippen LogP contribution in [-0.4, -0.2) is 37.5 Å². The Bertz CT molecular complexity index is 973. The van der Waals surface area contributed by atoms with Gasteiger partial charge in [-0.1, -0.05) is 31.4 Å². The molecule has 0 aromatic heterocycles. The summed E-state index contributed by atoms with van der Waals surface area (Å²) in [6, 6.07) is 12.2. The Hall–Kier alpha value is -1.90. The van der Waals surface area contributed by atoms with Gasteiger partial charge in [0.2, 0.25) is 15.9 Å². The maximum absolute atomic E-state index is 13.3. The van der Waals surface area contributed by atoms with Crippen molar-refractivity contribution in [3.63, 3.8) is 0 Å². The highest BCUT2D eigenvalue weighted by Crippen LogP contribution is 2.28. The van der Waals surface area contributed by atoms with Gasteiger partial charge in [0.05, 0.1) is 17.5 Å². The van der Waals surface area contributed by atoms with Gasteiger partial charge >= 0.3 is 0 Å². The highest BCUT2D eigenvalue weighted by molar-refractivity contribution is 7.98. The zero-order valence-corrected chi connectivity index (χ0v) is 19.5. The van der Waals surface area contributed by atoms with E-state index in [1.165, 1.54) is 16.4 Å². The molecule has 5 nitrogen and oxygen atoms in total. The van der Waals surface area contributed by atoms with Crippen molar-refractivity contribution in [3.05, 3.63) is 59.9 Å².